The van der Waals surface area contributed by atoms with Crippen LogP contribution in [0.5, 0.6) is 0 Å². The van der Waals surface area contributed by atoms with E-state index in [9.17, 15) is 13.5 Å². The Kier molecular flexibility index (Phi) is 9.33. The third-order valence-electron chi connectivity index (χ3n) is 7.24. The van der Waals surface area contributed by atoms with E-state index in [0.717, 1.165) is 61.9 Å². The Balaban J connectivity index is 1.09. The highest BCUT2D eigenvalue weighted by Crippen LogP contribution is 2.26. The van der Waals surface area contributed by atoms with Gasteiger partial charge in [0, 0.05) is 36.4 Å². The van der Waals surface area contributed by atoms with Crippen LogP contribution in [0.25, 0.3) is 11.4 Å². The zero-order valence-electron chi connectivity index (χ0n) is 23.3. The van der Waals surface area contributed by atoms with Gasteiger partial charge in [-0.05, 0) is 85.0 Å². The van der Waals surface area contributed by atoms with Crippen LogP contribution in [0.4, 0.5) is 11.4 Å². The monoisotopic (exact) mass is 575 g/mol. The Morgan fingerprint density at radius 1 is 1.02 bits per heavy atom. The summed E-state index contributed by atoms with van der Waals surface area (Å²) >= 11 is 0. The van der Waals surface area contributed by atoms with E-state index in [1.165, 1.54) is 5.56 Å². The second kappa shape index (κ2) is 13.3. The van der Waals surface area contributed by atoms with Gasteiger partial charge in [-0.15, -0.1) is 0 Å². The van der Waals surface area contributed by atoms with Crippen LogP contribution < -0.4 is 15.4 Å². The summed E-state index contributed by atoms with van der Waals surface area (Å²) < 4.78 is 33.8. The second-order valence-electron chi connectivity index (χ2n) is 10.4. The summed E-state index contributed by atoms with van der Waals surface area (Å²) in [4.78, 5) is 4.57. The van der Waals surface area contributed by atoms with Gasteiger partial charge in [0.25, 0.3) is 10.0 Å². The van der Waals surface area contributed by atoms with E-state index in [4.69, 9.17) is 4.52 Å². The molecule has 0 amide bonds. The van der Waals surface area contributed by atoms with Crippen LogP contribution in [0.1, 0.15) is 54.9 Å². The molecule has 0 saturated carbocycles. The Morgan fingerprint density at radius 3 is 2.61 bits per heavy atom. The number of fused-ring (bicyclic) bond motifs is 1. The topological polar surface area (TPSA) is 129 Å². The van der Waals surface area contributed by atoms with Crippen LogP contribution in [-0.2, 0) is 29.3 Å². The quantitative estimate of drug-likeness (QED) is 0.153. The molecular formula is C31H37N5O4S. The van der Waals surface area contributed by atoms with Gasteiger partial charge in [-0.2, -0.15) is 4.98 Å². The molecule has 41 heavy (non-hydrogen) atoms. The number of rotatable bonds is 14. The highest BCUT2D eigenvalue weighted by molar-refractivity contribution is 7.92. The first-order valence-electron chi connectivity index (χ1n) is 14.2. The molecule has 216 valence electrons. The highest BCUT2D eigenvalue weighted by atomic mass is 32.2. The fraction of sp³-hybridized carbons (Fsp3) is 0.355. The van der Waals surface area contributed by atoms with Crippen molar-refractivity contribution in [2.75, 3.05) is 29.7 Å². The van der Waals surface area contributed by atoms with Crippen molar-refractivity contribution in [1.82, 2.24) is 15.5 Å². The maximum Gasteiger partial charge on any atom is 0.261 e. The second-order valence-corrected chi connectivity index (χ2v) is 12.0. The van der Waals surface area contributed by atoms with Gasteiger partial charge in [0.15, 0.2) is 0 Å². The molecule has 10 heteroatoms. The van der Waals surface area contributed by atoms with Gasteiger partial charge >= 0.3 is 0 Å². The number of aryl methyl sites for hydroxylation is 1. The number of nitrogens with one attached hydrogen (secondary N) is 3. The van der Waals surface area contributed by atoms with E-state index < -0.39 is 16.1 Å². The largest absolute Gasteiger partial charge is 0.387 e. The summed E-state index contributed by atoms with van der Waals surface area (Å²) in [5.74, 6) is 1.05. The molecule has 0 saturated heterocycles. The summed E-state index contributed by atoms with van der Waals surface area (Å²) in [6, 6.07) is 19.9. The molecule has 2 heterocycles. The normalized spacial score (nSPS) is 13.5. The van der Waals surface area contributed by atoms with Crippen molar-refractivity contribution in [3.8, 4) is 11.4 Å². The number of nitrogens with zero attached hydrogens (tertiary/aromatic N) is 2. The summed E-state index contributed by atoms with van der Waals surface area (Å²) in [6.07, 6.45) is 5.15. The van der Waals surface area contributed by atoms with Crippen LogP contribution >= 0.6 is 0 Å². The average molecular weight is 576 g/mol. The molecule has 1 aromatic heterocycles. The van der Waals surface area contributed by atoms with Crippen molar-refractivity contribution in [3.63, 3.8) is 0 Å². The van der Waals surface area contributed by atoms with Gasteiger partial charge in [-0.3, -0.25) is 4.72 Å². The third kappa shape index (κ3) is 7.52. The smallest absolute Gasteiger partial charge is 0.261 e. The van der Waals surface area contributed by atoms with Gasteiger partial charge in [-0.1, -0.05) is 49.2 Å². The fourth-order valence-corrected chi connectivity index (χ4v) is 5.92. The Bertz CT molecular complexity index is 1540. The predicted molar refractivity (Wildman–Crippen MR) is 160 cm³/mol. The number of aliphatic hydroxyl groups is 1. The minimum Gasteiger partial charge on any atom is -0.387 e. The predicted octanol–water partition coefficient (Wildman–Crippen LogP) is 5.10. The molecule has 1 atom stereocenters. The number of aliphatic hydroxyl groups excluding tert-OH is 1. The van der Waals surface area contributed by atoms with Gasteiger partial charge in [0.05, 0.1) is 11.0 Å². The number of aromatic nitrogens is 2. The molecule has 5 rings (SSSR count). The molecule has 1 aliphatic heterocycles. The average Bonchev–Trinajstić information content (AvgIpc) is 3.66. The Labute approximate surface area is 241 Å². The fourth-order valence-electron chi connectivity index (χ4n) is 4.86. The molecule has 4 aromatic rings. The first kappa shape index (κ1) is 28.8. The summed E-state index contributed by atoms with van der Waals surface area (Å²) in [6.45, 7) is 4.25. The van der Waals surface area contributed by atoms with E-state index in [0.29, 0.717) is 36.1 Å². The number of benzene rings is 3. The Hall–Kier alpha value is -3.73. The van der Waals surface area contributed by atoms with Crippen molar-refractivity contribution >= 4 is 21.4 Å². The van der Waals surface area contributed by atoms with E-state index in [-0.39, 0.29) is 4.90 Å². The van der Waals surface area contributed by atoms with Crippen LogP contribution in [-0.4, -0.2) is 43.3 Å². The van der Waals surface area contributed by atoms with Crippen molar-refractivity contribution < 1.29 is 18.0 Å². The molecular weight excluding hydrogens is 538 g/mol. The SMILES string of the molecule is CCCCCc1nc(-c2ccc(S(=O)(=O)Nc3ccc(CCNCC(O)c4ccc5c(c4)CCN5)cc3)cc2)no1. The van der Waals surface area contributed by atoms with Crippen molar-refractivity contribution in [2.45, 2.75) is 56.4 Å². The van der Waals surface area contributed by atoms with Gasteiger partial charge in [0.2, 0.25) is 11.7 Å². The van der Waals surface area contributed by atoms with Crippen molar-refractivity contribution in [3.05, 3.63) is 89.3 Å². The first-order valence-corrected chi connectivity index (χ1v) is 15.7. The third-order valence-corrected chi connectivity index (χ3v) is 8.64. The maximum atomic E-state index is 12.9. The lowest BCUT2D eigenvalue weighted by Crippen LogP contribution is -2.23. The van der Waals surface area contributed by atoms with E-state index in [1.807, 2.05) is 24.3 Å². The minimum atomic E-state index is -3.75. The van der Waals surface area contributed by atoms with E-state index in [2.05, 4.69) is 38.5 Å². The van der Waals surface area contributed by atoms with E-state index in [1.54, 1.807) is 36.4 Å². The molecule has 0 aliphatic carbocycles. The van der Waals surface area contributed by atoms with E-state index >= 15 is 0 Å². The highest BCUT2D eigenvalue weighted by Gasteiger charge is 2.16. The van der Waals surface area contributed by atoms with Crippen molar-refractivity contribution in [1.29, 1.82) is 0 Å². The van der Waals surface area contributed by atoms with Crippen LogP contribution in [0.3, 0.4) is 0 Å². The van der Waals surface area contributed by atoms with Gasteiger partial charge in [0.1, 0.15) is 0 Å². The summed E-state index contributed by atoms with van der Waals surface area (Å²) in [7, 11) is -3.75. The number of anilines is 2. The Morgan fingerprint density at radius 2 is 1.83 bits per heavy atom. The zero-order chi connectivity index (χ0) is 28.7. The standard InChI is InChI=1S/C31H37N5O4S/c1-2-3-4-5-30-34-31(35-40-30)23-8-13-27(14-9-23)41(38,39)36-26-11-6-22(7-12-26)16-18-32-21-29(37)25-10-15-28-24(20-25)17-19-33-28/h6-15,20,29,32-33,36-37H,2-5,16-19,21H2,1H3. The van der Waals surface area contributed by atoms with Crippen LogP contribution in [0.2, 0.25) is 0 Å². The van der Waals surface area contributed by atoms with Gasteiger partial charge < -0.3 is 20.3 Å². The zero-order valence-corrected chi connectivity index (χ0v) is 24.1. The molecule has 0 fully saturated rings. The molecule has 0 bridgehead atoms. The van der Waals surface area contributed by atoms with Crippen molar-refractivity contribution in [2.24, 2.45) is 0 Å². The minimum absolute atomic E-state index is 0.152. The number of unbranched alkanes of at least 4 members (excludes halogenated alkanes) is 2. The number of hydrogen-bond donors (Lipinski definition) is 4. The van der Waals surface area contributed by atoms with Crippen LogP contribution in [0, 0.1) is 0 Å². The number of hydrogen-bond acceptors (Lipinski definition) is 8. The lowest BCUT2D eigenvalue weighted by Gasteiger charge is -2.14. The van der Waals surface area contributed by atoms with Crippen LogP contribution in [0.15, 0.2) is 76.1 Å². The molecule has 9 nitrogen and oxygen atoms in total. The lowest BCUT2D eigenvalue weighted by molar-refractivity contribution is 0.175. The lowest BCUT2D eigenvalue weighted by atomic mass is 10.0. The first-order chi connectivity index (χ1) is 19.9. The number of sulfonamides is 1. The van der Waals surface area contributed by atoms with Gasteiger partial charge in [-0.25, -0.2) is 8.42 Å². The summed E-state index contributed by atoms with van der Waals surface area (Å²) in [5, 5.41) is 21.2. The summed E-state index contributed by atoms with van der Waals surface area (Å²) in [5.41, 5.74) is 5.59. The molecule has 1 unspecified atom stereocenters. The molecule has 1 aliphatic rings. The molecule has 0 radical (unpaired) electrons. The maximum absolute atomic E-state index is 12.9. The molecule has 4 N–H and O–H groups in total. The molecule has 3 aromatic carbocycles. The molecule has 0 spiro atoms.